The van der Waals surface area contributed by atoms with E-state index in [0.717, 1.165) is 82.1 Å². The van der Waals surface area contributed by atoms with Gasteiger partial charge in [-0.25, -0.2) is 0 Å². The molecule has 5 nitrogen and oxygen atoms in total. The quantitative estimate of drug-likeness (QED) is 0.324. The molecule has 1 unspecified atom stereocenters. The van der Waals surface area contributed by atoms with E-state index >= 15 is 0 Å². The number of aliphatic hydroxyl groups excluding tert-OH is 1. The van der Waals surface area contributed by atoms with Gasteiger partial charge in [-0.05, 0) is 30.5 Å². The number of nitrogens with one attached hydrogen (secondary N) is 1. The number of rotatable bonds is 14. The first-order chi connectivity index (χ1) is 14.3. The summed E-state index contributed by atoms with van der Waals surface area (Å²) in [6.07, 6.45) is 3.73. The number of ether oxygens (including phenoxy) is 1. The molecule has 0 heterocycles. The lowest BCUT2D eigenvalue weighted by Gasteiger charge is -2.13. The second kappa shape index (κ2) is 14.0. The van der Waals surface area contributed by atoms with Crippen LogP contribution in [0, 0.1) is 0 Å². The van der Waals surface area contributed by atoms with Gasteiger partial charge in [0.15, 0.2) is 6.10 Å². The van der Waals surface area contributed by atoms with Gasteiger partial charge in [0.2, 0.25) is 0 Å². The summed E-state index contributed by atoms with van der Waals surface area (Å²) in [6.45, 7) is 0.421. The summed E-state index contributed by atoms with van der Waals surface area (Å²) in [4.78, 5) is 22.9. The van der Waals surface area contributed by atoms with E-state index in [1.54, 1.807) is 0 Å². The molecular formula is C22H32F3NO4. The Morgan fingerprint density at radius 3 is 1.93 bits per heavy atom. The van der Waals surface area contributed by atoms with Crippen LogP contribution in [-0.2, 0) is 20.5 Å². The van der Waals surface area contributed by atoms with Gasteiger partial charge in [0.25, 0.3) is 5.91 Å². The molecule has 0 fully saturated rings. The van der Waals surface area contributed by atoms with E-state index in [0.29, 0.717) is 13.0 Å². The van der Waals surface area contributed by atoms with Gasteiger partial charge in [0.05, 0.1) is 12.7 Å². The minimum atomic E-state index is -4.45. The third-order valence-electron chi connectivity index (χ3n) is 4.89. The second-order valence-electron chi connectivity index (χ2n) is 7.32. The van der Waals surface area contributed by atoms with Gasteiger partial charge in [-0.3, -0.25) is 9.59 Å². The Kier molecular flexibility index (Phi) is 12.1. The van der Waals surface area contributed by atoms with Crippen molar-refractivity contribution in [3.8, 4) is 0 Å². The second-order valence-corrected chi connectivity index (χ2v) is 7.32. The standard InChI is InChI=1S/C22H32F3NO4/c1-30-19(27)11-9-7-5-3-2-4-6-8-10-16-26-21(29)20(28)17-12-14-18(15-13-17)22(23,24)25/h12-15,20,28H,2-11,16H2,1H3,(H,26,29). The summed E-state index contributed by atoms with van der Waals surface area (Å²) >= 11 is 0. The van der Waals surface area contributed by atoms with Gasteiger partial charge in [-0.15, -0.1) is 0 Å². The van der Waals surface area contributed by atoms with Crippen LogP contribution in [-0.4, -0.2) is 30.6 Å². The Morgan fingerprint density at radius 1 is 0.933 bits per heavy atom. The van der Waals surface area contributed by atoms with Gasteiger partial charge in [-0.1, -0.05) is 57.1 Å². The minimum absolute atomic E-state index is 0.132. The highest BCUT2D eigenvalue weighted by molar-refractivity contribution is 5.81. The van der Waals surface area contributed by atoms with Crippen molar-refractivity contribution in [3.63, 3.8) is 0 Å². The maximum Gasteiger partial charge on any atom is 0.416 e. The zero-order valence-electron chi connectivity index (χ0n) is 17.5. The van der Waals surface area contributed by atoms with E-state index in [2.05, 4.69) is 10.1 Å². The first-order valence-electron chi connectivity index (χ1n) is 10.5. The Balaban J connectivity index is 2.06. The fourth-order valence-electron chi connectivity index (χ4n) is 3.05. The van der Waals surface area contributed by atoms with E-state index < -0.39 is 23.8 Å². The maximum absolute atomic E-state index is 12.5. The number of alkyl halides is 3. The van der Waals surface area contributed by atoms with Crippen LogP contribution in [0.3, 0.4) is 0 Å². The minimum Gasteiger partial charge on any atom is -0.469 e. The van der Waals surface area contributed by atoms with Crippen molar-refractivity contribution in [2.45, 2.75) is 76.5 Å². The number of benzene rings is 1. The van der Waals surface area contributed by atoms with Gasteiger partial charge in [-0.2, -0.15) is 13.2 Å². The Labute approximate surface area is 176 Å². The lowest BCUT2D eigenvalue weighted by molar-refractivity contribution is -0.141. The summed E-state index contributed by atoms with van der Waals surface area (Å²) in [5, 5.41) is 12.6. The highest BCUT2D eigenvalue weighted by Gasteiger charge is 2.30. The number of methoxy groups -OCH3 is 1. The van der Waals surface area contributed by atoms with E-state index in [9.17, 15) is 27.9 Å². The Bertz CT molecular complexity index is 632. The molecule has 8 heteroatoms. The molecule has 0 spiro atoms. The van der Waals surface area contributed by atoms with Gasteiger partial charge < -0.3 is 15.2 Å². The molecule has 0 saturated heterocycles. The summed E-state index contributed by atoms with van der Waals surface area (Å²) in [5.41, 5.74) is -0.688. The summed E-state index contributed by atoms with van der Waals surface area (Å²) in [7, 11) is 1.40. The van der Waals surface area contributed by atoms with E-state index in [4.69, 9.17) is 0 Å². The molecule has 2 N–H and O–H groups in total. The predicted octanol–water partition coefficient (Wildman–Crippen LogP) is 4.93. The molecule has 0 bridgehead atoms. The lowest BCUT2D eigenvalue weighted by atomic mass is 10.1. The van der Waals surface area contributed by atoms with E-state index in [1.165, 1.54) is 7.11 Å². The molecular weight excluding hydrogens is 399 g/mol. The average molecular weight is 431 g/mol. The van der Waals surface area contributed by atoms with Crippen molar-refractivity contribution in [2.75, 3.05) is 13.7 Å². The molecule has 0 radical (unpaired) electrons. The molecule has 1 rings (SSSR count). The summed E-state index contributed by atoms with van der Waals surface area (Å²) in [5.74, 6) is -0.768. The number of amides is 1. The number of carbonyl (C=O) groups is 2. The zero-order chi connectivity index (χ0) is 22.4. The highest BCUT2D eigenvalue weighted by Crippen LogP contribution is 2.29. The van der Waals surface area contributed by atoms with Crippen LogP contribution in [0.15, 0.2) is 24.3 Å². The van der Waals surface area contributed by atoms with Crippen LogP contribution >= 0.6 is 0 Å². The SMILES string of the molecule is COC(=O)CCCCCCCCCCCNC(=O)C(O)c1ccc(C(F)(F)F)cc1. The molecule has 0 aromatic heterocycles. The van der Waals surface area contributed by atoms with Crippen molar-refractivity contribution < 1.29 is 32.6 Å². The average Bonchev–Trinajstić information content (AvgIpc) is 2.73. The van der Waals surface area contributed by atoms with Crippen LogP contribution in [0.4, 0.5) is 13.2 Å². The molecule has 0 aliphatic heterocycles. The number of hydrogen-bond donors (Lipinski definition) is 2. The monoisotopic (exact) mass is 431 g/mol. The van der Waals surface area contributed by atoms with Crippen LogP contribution in [0.5, 0.6) is 0 Å². The van der Waals surface area contributed by atoms with Crippen LogP contribution in [0.1, 0.15) is 81.4 Å². The number of halogens is 3. The number of aliphatic hydroxyl groups is 1. The van der Waals surface area contributed by atoms with Crippen molar-refractivity contribution in [2.24, 2.45) is 0 Å². The van der Waals surface area contributed by atoms with Crippen LogP contribution < -0.4 is 5.32 Å². The number of hydrogen-bond acceptors (Lipinski definition) is 4. The number of unbranched alkanes of at least 4 members (excludes halogenated alkanes) is 8. The lowest BCUT2D eigenvalue weighted by Crippen LogP contribution is -2.30. The largest absolute Gasteiger partial charge is 0.469 e. The molecule has 0 aliphatic rings. The van der Waals surface area contributed by atoms with Crippen molar-refractivity contribution in [1.82, 2.24) is 5.32 Å². The third kappa shape index (κ3) is 10.6. The van der Waals surface area contributed by atoms with Gasteiger partial charge in [0.1, 0.15) is 0 Å². The van der Waals surface area contributed by atoms with Crippen LogP contribution in [0.2, 0.25) is 0 Å². The Hall–Kier alpha value is -2.09. The zero-order valence-corrected chi connectivity index (χ0v) is 17.5. The number of esters is 1. The molecule has 1 aromatic rings. The smallest absolute Gasteiger partial charge is 0.416 e. The predicted molar refractivity (Wildman–Crippen MR) is 108 cm³/mol. The molecule has 1 aromatic carbocycles. The molecule has 0 aliphatic carbocycles. The summed E-state index contributed by atoms with van der Waals surface area (Å²) < 4.78 is 42.2. The molecule has 0 saturated carbocycles. The van der Waals surface area contributed by atoms with Crippen LogP contribution in [0.25, 0.3) is 0 Å². The first-order valence-corrected chi connectivity index (χ1v) is 10.5. The van der Waals surface area contributed by atoms with Gasteiger partial charge >= 0.3 is 12.1 Å². The van der Waals surface area contributed by atoms with Crippen molar-refractivity contribution in [3.05, 3.63) is 35.4 Å². The van der Waals surface area contributed by atoms with Gasteiger partial charge in [0, 0.05) is 13.0 Å². The Morgan fingerprint density at radius 2 is 1.43 bits per heavy atom. The fourth-order valence-corrected chi connectivity index (χ4v) is 3.05. The van der Waals surface area contributed by atoms with Crippen molar-refractivity contribution in [1.29, 1.82) is 0 Å². The molecule has 1 amide bonds. The van der Waals surface area contributed by atoms with E-state index in [-0.39, 0.29) is 11.5 Å². The summed E-state index contributed by atoms with van der Waals surface area (Å²) in [6, 6.07) is 3.93. The first kappa shape index (κ1) is 25.9. The van der Waals surface area contributed by atoms with Crippen molar-refractivity contribution >= 4 is 11.9 Å². The number of carbonyl (C=O) groups excluding carboxylic acids is 2. The third-order valence-corrected chi connectivity index (χ3v) is 4.89. The molecule has 1 atom stereocenters. The van der Waals surface area contributed by atoms with E-state index in [1.807, 2.05) is 0 Å². The molecule has 170 valence electrons. The molecule has 30 heavy (non-hydrogen) atoms. The fraction of sp³-hybridized carbons (Fsp3) is 0.636. The maximum atomic E-state index is 12.5. The highest BCUT2D eigenvalue weighted by atomic mass is 19.4. The topological polar surface area (TPSA) is 75.6 Å². The normalized spacial score (nSPS) is 12.4.